The van der Waals surface area contributed by atoms with Crippen LogP contribution in [0.2, 0.25) is 0 Å². The third-order valence-corrected chi connectivity index (χ3v) is 5.03. The van der Waals surface area contributed by atoms with E-state index in [1.165, 1.54) is 11.6 Å². The maximum atomic E-state index is 13.5. The molecule has 4 rings (SSSR count). The molecule has 2 aromatic heterocycles. The van der Waals surface area contributed by atoms with Gasteiger partial charge >= 0.3 is 0 Å². The predicted molar refractivity (Wildman–Crippen MR) is 105 cm³/mol. The topological polar surface area (TPSA) is 46.0 Å². The second-order valence-corrected chi connectivity index (χ2v) is 7.06. The number of hydrogen-bond acceptors (Lipinski definition) is 4. The summed E-state index contributed by atoms with van der Waals surface area (Å²) in [6, 6.07) is 11.2. The molecular formula is C21H24FN5. The highest BCUT2D eigenvalue weighted by Gasteiger charge is 2.21. The van der Waals surface area contributed by atoms with E-state index < -0.39 is 0 Å². The van der Waals surface area contributed by atoms with Crippen molar-refractivity contribution in [3.8, 4) is 11.3 Å². The first-order valence-corrected chi connectivity index (χ1v) is 9.36. The lowest BCUT2D eigenvalue weighted by atomic mass is 10.0. The standard InChI is InChI=1S/C21H24FN5/c1-26-14-17(21(25-26)16-7-9-23-10-8-16)13-24-19-5-3-11-27(15-19)20-6-2-4-18(22)12-20/h2,4,6-10,12,14,19,24H,3,5,11,13,15H2,1H3. The van der Waals surface area contributed by atoms with Crippen LogP contribution in [0.15, 0.2) is 55.0 Å². The van der Waals surface area contributed by atoms with E-state index in [0.717, 1.165) is 49.4 Å². The molecule has 1 saturated heterocycles. The van der Waals surface area contributed by atoms with Gasteiger partial charge in [-0.05, 0) is 43.2 Å². The van der Waals surface area contributed by atoms with E-state index in [-0.39, 0.29) is 5.82 Å². The molecule has 3 aromatic rings. The lowest BCUT2D eigenvalue weighted by Crippen LogP contribution is -2.45. The number of rotatable bonds is 5. The van der Waals surface area contributed by atoms with Gasteiger partial charge in [0.1, 0.15) is 5.82 Å². The van der Waals surface area contributed by atoms with Gasteiger partial charge in [0, 0.05) is 68.1 Å². The molecule has 0 radical (unpaired) electrons. The summed E-state index contributed by atoms with van der Waals surface area (Å²) in [6.07, 6.45) is 7.86. The van der Waals surface area contributed by atoms with Gasteiger partial charge in [-0.3, -0.25) is 9.67 Å². The number of hydrogen-bond donors (Lipinski definition) is 1. The zero-order chi connectivity index (χ0) is 18.6. The van der Waals surface area contributed by atoms with Crippen LogP contribution >= 0.6 is 0 Å². The Morgan fingerprint density at radius 2 is 2.07 bits per heavy atom. The highest BCUT2D eigenvalue weighted by Crippen LogP contribution is 2.23. The van der Waals surface area contributed by atoms with Crippen molar-refractivity contribution in [2.24, 2.45) is 7.05 Å². The average molecular weight is 365 g/mol. The lowest BCUT2D eigenvalue weighted by Gasteiger charge is -2.35. The molecule has 140 valence electrons. The molecule has 0 amide bonds. The third kappa shape index (κ3) is 4.17. The second kappa shape index (κ2) is 7.88. The van der Waals surface area contributed by atoms with Crippen molar-refractivity contribution in [1.29, 1.82) is 0 Å². The zero-order valence-corrected chi connectivity index (χ0v) is 15.5. The Bertz CT molecular complexity index is 893. The summed E-state index contributed by atoms with van der Waals surface area (Å²) >= 11 is 0. The smallest absolute Gasteiger partial charge is 0.125 e. The minimum absolute atomic E-state index is 0.181. The number of aryl methyl sites for hydroxylation is 1. The molecule has 1 aliphatic heterocycles. The SMILES string of the molecule is Cn1cc(CNC2CCCN(c3cccc(F)c3)C2)c(-c2ccncc2)n1. The number of pyridine rings is 1. The molecule has 1 N–H and O–H groups in total. The van der Waals surface area contributed by atoms with Gasteiger partial charge in [0.15, 0.2) is 0 Å². The van der Waals surface area contributed by atoms with Gasteiger partial charge in [-0.25, -0.2) is 4.39 Å². The molecular weight excluding hydrogens is 341 g/mol. The van der Waals surface area contributed by atoms with Crippen molar-refractivity contribution in [3.05, 3.63) is 66.4 Å². The Labute approximate surface area is 158 Å². The quantitative estimate of drug-likeness (QED) is 0.753. The van der Waals surface area contributed by atoms with E-state index in [1.807, 2.05) is 29.9 Å². The molecule has 1 fully saturated rings. The van der Waals surface area contributed by atoms with E-state index in [9.17, 15) is 4.39 Å². The van der Waals surface area contributed by atoms with Crippen LogP contribution < -0.4 is 10.2 Å². The Morgan fingerprint density at radius 1 is 1.22 bits per heavy atom. The molecule has 1 unspecified atom stereocenters. The second-order valence-electron chi connectivity index (χ2n) is 7.06. The fraction of sp³-hybridized carbons (Fsp3) is 0.333. The summed E-state index contributed by atoms with van der Waals surface area (Å²) in [5.74, 6) is -0.181. The number of anilines is 1. The summed E-state index contributed by atoms with van der Waals surface area (Å²) < 4.78 is 15.4. The fourth-order valence-corrected chi connectivity index (χ4v) is 3.73. The minimum atomic E-state index is -0.181. The van der Waals surface area contributed by atoms with Gasteiger partial charge in [-0.1, -0.05) is 6.07 Å². The van der Waals surface area contributed by atoms with Crippen LogP contribution in [0.1, 0.15) is 18.4 Å². The Balaban J connectivity index is 1.43. The van der Waals surface area contributed by atoms with Crippen LogP contribution in [0.25, 0.3) is 11.3 Å². The van der Waals surface area contributed by atoms with Gasteiger partial charge in [0.2, 0.25) is 0 Å². The highest BCUT2D eigenvalue weighted by molar-refractivity contribution is 5.61. The van der Waals surface area contributed by atoms with Gasteiger partial charge in [0.05, 0.1) is 5.69 Å². The molecule has 1 aliphatic rings. The summed E-state index contributed by atoms with van der Waals surface area (Å²) in [5, 5.41) is 8.29. The molecule has 1 aromatic carbocycles. The highest BCUT2D eigenvalue weighted by atomic mass is 19.1. The molecule has 3 heterocycles. The summed E-state index contributed by atoms with van der Waals surface area (Å²) in [7, 11) is 1.94. The number of aromatic nitrogens is 3. The van der Waals surface area contributed by atoms with E-state index in [2.05, 4.69) is 26.5 Å². The maximum Gasteiger partial charge on any atom is 0.125 e. The molecule has 0 aliphatic carbocycles. The number of nitrogens with one attached hydrogen (secondary N) is 1. The Hall–Kier alpha value is -2.73. The van der Waals surface area contributed by atoms with Gasteiger partial charge < -0.3 is 10.2 Å². The van der Waals surface area contributed by atoms with Crippen LogP contribution in [0.4, 0.5) is 10.1 Å². The predicted octanol–water partition coefficient (Wildman–Crippen LogP) is 3.38. The summed E-state index contributed by atoms with van der Waals surface area (Å²) in [6.45, 7) is 2.61. The molecule has 5 nitrogen and oxygen atoms in total. The molecule has 0 spiro atoms. The molecule has 0 saturated carbocycles. The first-order valence-electron chi connectivity index (χ1n) is 9.36. The van der Waals surface area contributed by atoms with E-state index in [1.54, 1.807) is 24.5 Å². The normalized spacial score (nSPS) is 17.3. The maximum absolute atomic E-state index is 13.5. The lowest BCUT2D eigenvalue weighted by molar-refractivity contribution is 0.421. The summed E-state index contributed by atoms with van der Waals surface area (Å²) in [5.41, 5.74) is 4.20. The van der Waals surface area contributed by atoms with Crippen LogP contribution in [-0.4, -0.2) is 33.9 Å². The van der Waals surface area contributed by atoms with Crippen molar-refractivity contribution in [3.63, 3.8) is 0 Å². The largest absolute Gasteiger partial charge is 0.370 e. The molecule has 1 atom stereocenters. The first kappa shape index (κ1) is 17.7. The average Bonchev–Trinajstić information content (AvgIpc) is 3.08. The monoisotopic (exact) mass is 365 g/mol. The number of benzene rings is 1. The van der Waals surface area contributed by atoms with Crippen molar-refractivity contribution >= 4 is 5.69 Å². The van der Waals surface area contributed by atoms with Gasteiger partial charge in [-0.2, -0.15) is 5.10 Å². The molecule has 6 heteroatoms. The van der Waals surface area contributed by atoms with Crippen LogP contribution in [0.5, 0.6) is 0 Å². The van der Waals surface area contributed by atoms with Crippen molar-refractivity contribution in [2.45, 2.75) is 25.4 Å². The minimum Gasteiger partial charge on any atom is -0.370 e. The Morgan fingerprint density at radius 3 is 2.89 bits per heavy atom. The first-order chi connectivity index (χ1) is 13.2. The van der Waals surface area contributed by atoms with Crippen molar-refractivity contribution in [2.75, 3.05) is 18.0 Å². The van der Waals surface area contributed by atoms with Crippen LogP contribution in [-0.2, 0) is 13.6 Å². The zero-order valence-electron chi connectivity index (χ0n) is 15.5. The van der Waals surface area contributed by atoms with Crippen molar-refractivity contribution < 1.29 is 4.39 Å². The van der Waals surface area contributed by atoms with Crippen LogP contribution in [0.3, 0.4) is 0 Å². The number of nitrogens with zero attached hydrogens (tertiary/aromatic N) is 4. The van der Waals surface area contributed by atoms with Crippen LogP contribution in [0, 0.1) is 5.82 Å². The third-order valence-electron chi connectivity index (χ3n) is 5.03. The van der Waals surface area contributed by atoms with E-state index >= 15 is 0 Å². The van der Waals surface area contributed by atoms with E-state index in [4.69, 9.17) is 0 Å². The number of piperidine rings is 1. The van der Waals surface area contributed by atoms with E-state index in [0.29, 0.717) is 6.04 Å². The number of halogens is 1. The molecule has 27 heavy (non-hydrogen) atoms. The summed E-state index contributed by atoms with van der Waals surface area (Å²) in [4.78, 5) is 6.35. The Kier molecular flexibility index (Phi) is 5.16. The fourth-order valence-electron chi connectivity index (χ4n) is 3.73. The molecule has 0 bridgehead atoms. The van der Waals surface area contributed by atoms with Gasteiger partial charge in [-0.15, -0.1) is 0 Å². The van der Waals surface area contributed by atoms with Crippen molar-refractivity contribution in [1.82, 2.24) is 20.1 Å². The van der Waals surface area contributed by atoms with Gasteiger partial charge in [0.25, 0.3) is 0 Å².